The third-order valence-corrected chi connectivity index (χ3v) is 8.98. The zero-order chi connectivity index (χ0) is 26.3. The number of nitrogens with two attached hydrogens (primary N) is 1. The molecule has 1 unspecified atom stereocenters. The first-order valence-electron chi connectivity index (χ1n) is 15.5. The first kappa shape index (κ1) is 27.6. The van der Waals surface area contributed by atoms with Crippen LogP contribution >= 0.6 is 0 Å². The van der Waals surface area contributed by atoms with Crippen molar-refractivity contribution in [2.75, 3.05) is 30.4 Å². The number of hydrogen-bond donors (Lipinski definition) is 3. The zero-order valence-corrected chi connectivity index (χ0v) is 23.7. The maximum absolute atomic E-state index is 6.33. The first-order chi connectivity index (χ1) is 18.6. The summed E-state index contributed by atoms with van der Waals surface area (Å²) in [6.45, 7) is 7.37. The predicted octanol–water partition coefficient (Wildman–Crippen LogP) is 5.65. The molecule has 0 bridgehead atoms. The molecular weight excluding hydrogens is 476 g/mol. The summed E-state index contributed by atoms with van der Waals surface area (Å²) in [6, 6.07) is 1.19. The molecule has 1 aliphatic heterocycles. The number of hydrazine groups is 1. The minimum atomic E-state index is 0.328. The van der Waals surface area contributed by atoms with Gasteiger partial charge < -0.3 is 25.8 Å². The van der Waals surface area contributed by atoms with Gasteiger partial charge in [-0.2, -0.15) is 9.97 Å². The molecule has 2 aromatic heterocycles. The first-order valence-corrected chi connectivity index (χ1v) is 15.5. The van der Waals surface area contributed by atoms with Crippen molar-refractivity contribution in [2.24, 2.45) is 11.7 Å². The molecule has 0 aromatic carbocycles. The van der Waals surface area contributed by atoms with Gasteiger partial charge in [-0.05, 0) is 70.1 Å². The number of anilines is 2. The molecule has 2 aromatic rings. The summed E-state index contributed by atoms with van der Waals surface area (Å²) < 4.78 is 8.63. The molecule has 212 valence electrons. The Morgan fingerprint density at radius 3 is 2.47 bits per heavy atom. The number of rotatable bonds is 12. The molecule has 5 rings (SSSR count). The van der Waals surface area contributed by atoms with Crippen LogP contribution in [-0.4, -0.2) is 62.4 Å². The van der Waals surface area contributed by atoms with E-state index in [1.807, 2.05) is 6.33 Å². The standard InChI is InChI=1S/C29H50N8O/c1-3-5-19-38-25(8-4-2)21-15-17-36(18-16-21)35-27-26-28(37(20-31-26)24-9-6-7-10-24)34-29(33-27)32-23-13-11-22(30)12-14-23/h20-25H,3-19,30H2,1-2H3,(H2,32,33,34,35)/t22-,23-,25?. The second-order valence-electron chi connectivity index (χ2n) is 11.9. The van der Waals surface area contributed by atoms with Gasteiger partial charge in [-0.3, -0.25) is 0 Å². The predicted molar refractivity (Wildman–Crippen MR) is 154 cm³/mol. The Kier molecular flexibility index (Phi) is 9.73. The van der Waals surface area contributed by atoms with Gasteiger partial charge in [0.2, 0.25) is 5.95 Å². The summed E-state index contributed by atoms with van der Waals surface area (Å²) in [7, 11) is 0. The van der Waals surface area contributed by atoms with Crippen molar-refractivity contribution in [3.05, 3.63) is 6.33 Å². The van der Waals surface area contributed by atoms with Gasteiger partial charge in [-0.15, -0.1) is 0 Å². The molecule has 1 atom stereocenters. The van der Waals surface area contributed by atoms with Crippen molar-refractivity contribution in [1.82, 2.24) is 24.5 Å². The number of nitrogens with zero attached hydrogens (tertiary/aromatic N) is 5. The number of imidazole rings is 1. The lowest BCUT2D eigenvalue weighted by molar-refractivity contribution is -0.0135. The van der Waals surface area contributed by atoms with Crippen molar-refractivity contribution in [1.29, 1.82) is 0 Å². The third kappa shape index (κ3) is 6.77. The Labute approximate surface area is 228 Å². The topological polar surface area (TPSA) is 106 Å². The molecule has 0 radical (unpaired) electrons. The van der Waals surface area contributed by atoms with Gasteiger partial charge >= 0.3 is 0 Å². The minimum Gasteiger partial charge on any atom is -0.378 e. The molecule has 0 spiro atoms. The maximum Gasteiger partial charge on any atom is 0.227 e. The molecular formula is C29H50N8O. The Bertz CT molecular complexity index is 990. The van der Waals surface area contributed by atoms with Crippen LogP contribution < -0.4 is 16.5 Å². The van der Waals surface area contributed by atoms with E-state index in [0.29, 0.717) is 36.1 Å². The fraction of sp³-hybridized carbons (Fsp3) is 0.828. The Morgan fingerprint density at radius 1 is 1.00 bits per heavy atom. The molecule has 9 heteroatoms. The van der Waals surface area contributed by atoms with Crippen molar-refractivity contribution in [3.63, 3.8) is 0 Å². The summed E-state index contributed by atoms with van der Waals surface area (Å²) in [6.07, 6.45) is 18.6. The number of piperidine rings is 1. The zero-order valence-electron chi connectivity index (χ0n) is 23.7. The molecule has 0 amide bonds. The normalized spacial score (nSPS) is 24.7. The van der Waals surface area contributed by atoms with Gasteiger partial charge in [0.25, 0.3) is 0 Å². The summed E-state index contributed by atoms with van der Waals surface area (Å²) in [5.74, 6) is 2.17. The lowest BCUT2D eigenvalue weighted by Gasteiger charge is -2.36. The summed E-state index contributed by atoms with van der Waals surface area (Å²) in [5.41, 5.74) is 11.6. The van der Waals surface area contributed by atoms with Crippen molar-refractivity contribution in [2.45, 2.75) is 128 Å². The largest absolute Gasteiger partial charge is 0.378 e. The number of fused-ring (bicyclic) bond motifs is 1. The Hall–Kier alpha value is -1.97. The van der Waals surface area contributed by atoms with E-state index in [4.69, 9.17) is 25.4 Å². The van der Waals surface area contributed by atoms with Gasteiger partial charge in [-0.1, -0.05) is 39.5 Å². The monoisotopic (exact) mass is 526 g/mol. The molecule has 9 nitrogen and oxygen atoms in total. The van der Waals surface area contributed by atoms with Gasteiger partial charge in [0.05, 0.1) is 12.4 Å². The fourth-order valence-electron chi connectivity index (χ4n) is 6.61. The van der Waals surface area contributed by atoms with E-state index >= 15 is 0 Å². The van der Waals surface area contributed by atoms with Crippen LogP contribution in [0.5, 0.6) is 0 Å². The summed E-state index contributed by atoms with van der Waals surface area (Å²) >= 11 is 0. The molecule has 3 fully saturated rings. The van der Waals surface area contributed by atoms with E-state index in [1.165, 1.54) is 38.5 Å². The number of nitrogens with one attached hydrogen (secondary N) is 2. The molecule has 1 saturated heterocycles. The quantitative estimate of drug-likeness (QED) is 0.305. The van der Waals surface area contributed by atoms with Gasteiger partial charge in [0, 0.05) is 37.8 Å². The summed E-state index contributed by atoms with van der Waals surface area (Å²) in [5, 5.41) is 5.97. The average molecular weight is 527 g/mol. The molecule has 38 heavy (non-hydrogen) atoms. The molecule has 2 aliphatic carbocycles. The fourth-order valence-corrected chi connectivity index (χ4v) is 6.61. The van der Waals surface area contributed by atoms with Crippen LogP contribution in [0.4, 0.5) is 11.8 Å². The van der Waals surface area contributed by atoms with Crippen LogP contribution in [0, 0.1) is 5.92 Å². The van der Waals surface area contributed by atoms with Crippen molar-refractivity contribution < 1.29 is 4.74 Å². The molecule has 4 N–H and O–H groups in total. The van der Waals surface area contributed by atoms with Crippen LogP contribution in [0.15, 0.2) is 6.33 Å². The molecule has 3 heterocycles. The van der Waals surface area contributed by atoms with Gasteiger partial charge in [0.15, 0.2) is 17.0 Å². The second kappa shape index (κ2) is 13.4. The molecule has 3 aliphatic rings. The Balaban J connectivity index is 1.29. The molecule has 2 saturated carbocycles. The highest BCUT2D eigenvalue weighted by Gasteiger charge is 2.28. The Morgan fingerprint density at radius 2 is 1.76 bits per heavy atom. The van der Waals surface area contributed by atoms with E-state index in [2.05, 4.69) is 34.2 Å². The lowest BCUT2D eigenvalue weighted by Crippen LogP contribution is -2.42. The number of ether oxygens (including phenoxy) is 1. The van der Waals surface area contributed by atoms with Crippen LogP contribution in [0.2, 0.25) is 0 Å². The van der Waals surface area contributed by atoms with Crippen LogP contribution in [0.25, 0.3) is 11.2 Å². The summed E-state index contributed by atoms with van der Waals surface area (Å²) in [4.78, 5) is 14.8. The minimum absolute atomic E-state index is 0.328. The van der Waals surface area contributed by atoms with E-state index in [9.17, 15) is 0 Å². The second-order valence-corrected chi connectivity index (χ2v) is 11.9. The number of hydrogen-bond acceptors (Lipinski definition) is 8. The maximum atomic E-state index is 6.33. The van der Waals surface area contributed by atoms with Crippen LogP contribution in [-0.2, 0) is 4.74 Å². The van der Waals surface area contributed by atoms with Crippen molar-refractivity contribution in [3.8, 4) is 0 Å². The highest BCUT2D eigenvalue weighted by Crippen LogP contribution is 2.34. The average Bonchev–Trinajstić information content (AvgIpc) is 3.60. The van der Waals surface area contributed by atoms with E-state index in [1.54, 1.807) is 0 Å². The SMILES string of the molecule is CCCCOC(CCC)C1CCN(Nc2nc(N[C@H]3CC[C@H](N)CC3)nc3c2ncn3C2CCCC2)CC1. The number of unbranched alkanes of at least 4 members (excludes halogenated alkanes) is 1. The van der Waals surface area contributed by atoms with Crippen LogP contribution in [0.3, 0.4) is 0 Å². The highest BCUT2D eigenvalue weighted by molar-refractivity contribution is 5.84. The van der Waals surface area contributed by atoms with Gasteiger partial charge in [-0.25, -0.2) is 9.99 Å². The van der Waals surface area contributed by atoms with Gasteiger partial charge in [0.1, 0.15) is 0 Å². The van der Waals surface area contributed by atoms with Crippen LogP contribution in [0.1, 0.15) is 110 Å². The smallest absolute Gasteiger partial charge is 0.227 e. The third-order valence-electron chi connectivity index (χ3n) is 8.98. The van der Waals surface area contributed by atoms with E-state index in [0.717, 1.165) is 88.0 Å². The highest BCUT2D eigenvalue weighted by atomic mass is 16.5. The van der Waals surface area contributed by atoms with Crippen molar-refractivity contribution >= 4 is 22.9 Å². The van der Waals surface area contributed by atoms with E-state index in [-0.39, 0.29) is 0 Å². The van der Waals surface area contributed by atoms with E-state index < -0.39 is 0 Å². The lowest BCUT2D eigenvalue weighted by atomic mass is 9.89. The number of aromatic nitrogens is 4.